The Labute approximate surface area is 186 Å². The van der Waals surface area contributed by atoms with E-state index in [9.17, 15) is 9.59 Å². The highest BCUT2D eigenvalue weighted by atomic mass is 35.5. The fourth-order valence-electron chi connectivity index (χ4n) is 3.38. The van der Waals surface area contributed by atoms with Crippen LogP contribution in [0.25, 0.3) is 0 Å². The van der Waals surface area contributed by atoms with E-state index in [4.69, 9.17) is 30.5 Å². The van der Waals surface area contributed by atoms with Crippen molar-refractivity contribution < 1.29 is 28.5 Å². The first-order chi connectivity index (χ1) is 15.0. The van der Waals surface area contributed by atoms with E-state index in [-0.39, 0.29) is 41.7 Å². The lowest BCUT2D eigenvalue weighted by Crippen LogP contribution is -2.27. The first kappa shape index (κ1) is 22.9. The Morgan fingerprint density at radius 1 is 1.03 bits per heavy atom. The molecular formula is C22H25ClN2O6. The van der Waals surface area contributed by atoms with Gasteiger partial charge in [0.25, 0.3) is 11.8 Å². The second kappa shape index (κ2) is 10.5. The molecule has 0 saturated carbocycles. The molecule has 0 spiro atoms. The number of benzene rings is 2. The number of nitrogens with zero attached hydrogens (tertiary/aromatic N) is 1. The molecule has 0 atom stereocenters. The van der Waals surface area contributed by atoms with Gasteiger partial charge in [-0.25, -0.2) is 0 Å². The molecule has 2 aromatic carbocycles. The molecule has 1 heterocycles. The van der Waals surface area contributed by atoms with Crippen molar-refractivity contribution in [2.75, 3.05) is 34.4 Å². The third-order valence-corrected chi connectivity index (χ3v) is 5.08. The summed E-state index contributed by atoms with van der Waals surface area (Å²) in [4.78, 5) is 27.4. The van der Waals surface area contributed by atoms with Gasteiger partial charge in [0.15, 0.2) is 13.6 Å². The van der Waals surface area contributed by atoms with E-state index in [1.165, 1.54) is 26.4 Å². The summed E-state index contributed by atoms with van der Waals surface area (Å²) < 4.78 is 20.9. The van der Waals surface area contributed by atoms with E-state index in [2.05, 4.69) is 5.32 Å². The number of methoxy groups -OCH3 is 2. The molecule has 166 valence electrons. The summed E-state index contributed by atoms with van der Waals surface area (Å²) in [5.74, 6) is 0.182. The molecule has 2 aromatic rings. The van der Waals surface area contributed by atoms with Crippen molar-refractivity contribution in [3.05, 3.63) is 57.6 Å². The van der Waals surface area contributed by atoms with Crippen LogP contribution in [0.2, 0.25) is 5.02 Å². The van der Waals surface area contributed by atoms with Crippen LogP contribution in [0.15, 0.2) is 30.3 Å². The fourth-order valence-corrected chi connectivity index (χ4v) is 3.60. The molecule has 1 aliphatic rings. The number of halogens is 1. The van der Waals surface area contributed by atoms with Crippen LogP contribution in [-0.2, 0) is 22.6 Å². The molecule has 9 heteroatoms. The van der Waals surface area contributed by atoms with Crippen LogP contribution in [0, 0.1) is 0 Å². The molecule has 0 bridgehead atoms. The van der Waals surface area contributed by atoms with Crippen molar-refractivity contribution in [1.29, 1.82) is 0 Å². The number of fused-ring (bicyclic) bond motifs is 1. The Morgan fingerprint density at radius 2 is 1.74 bits per heavy atom. The van der Waals surface area contributed by atoms with E-state index in [0.29, 0.717) is 30.9 Å². The van der Waals surface area contributed by atoms with Gasteiger partial charge in [0.2, 0.25) is 0 Å². The minimum absolute atomic E-state index is 0.000760. The molecule has 0 unspecified atom stereocenters. The highest BCUT2D eigenvalue weighted by Gasteiger charge is 2.30. The Hall–Kier alpha value is -2.81. The molecular weight excluding hydrogens is 424 g/mol. The molecule has 1 aliphatic heterocycles. The third kappa shape index (κ3) is 5.10. The Morgan fingerprint density at radius 3 is 2.42 bits per heavy atom. The number of ether oxygens (including phenoxy) is 4. The first-order valence-corrected chi connectivity index (χ1v) is 10.1. The summed E-state index contributed by atoms with van der Waals surface area (Å²) in [6.45, 7) is 3.03. The molecule has 0 fully saturated rings. The number of hydrogen-bond acceptors (Lipinski definition) is 6. The lowest BCUT2D eigenvalue weighted by Gasteiger charge is -2.19. The fraction of sp³-hybridized carbons (Fsp3) is 0.364. The number of carbonyl (C=O) groups is 2. The van der Waals surface area contributed by atoms with E-state index in [0.717, 1.165) is 11.1 Å². The van der Waals surface area contributed by atoms with E-state index in [1.54, 1.807) is 11.0 Å². The van der Waals surface area contributed by atoms with Gasteiger partial charge in [-0.1, -0.05) is 23.7 Å². The molecule has 2 amide bonds. The average molecular weight is 449 g/mol. The van der Waals surface area contributed by atoms with Crippen LogP contribution >= 0.6 is 11.6 Å². The third-order valence-electron chi connectivity index (χ3n) is 4.78. The monoisotopic (exact) mass is 448 g/mol. The summed E-state index contributed by atoms with van der Waals surface area (Å²) in [5.41, 5.74) is 2.63. The smallest absolute Gasteiger partial charge is 0.258 e. The molecule has 0 radical (unpaired) electrons. The summed E-state index contributed by atoms with van der Waals surface area (Å²) in [6.07, 6.45) is 0. The van der Waals surface area contributed by atoms with Crippen molar-refractivity contribution in [1.82, 2.24) is 10.2 Å². The van der Waals surface area contributed by atoms with E-state index >= 15 is 0 Å². The average Bonchev–Trinajstić information content (AvgIpc) is 3.21. The Balaban J connectivity index is 1.89. The van der Waals surface area contributed by atoms with E-state index in [1.807, 2.05) is 19.1 Å². The van der Waals surface area contributed by atoms with Gasteiger partial charge in [-0.05, 0) is 30.2 Å². The van der Waals surface area contributed by atoms with Crippen molar-refractivity contribution in [2.24, 2.45) is 0 Å². The topological polar surface area (TPSA) is 86.3 Å². The molecule has 0 saturated heterocycles. The quantitative estimate of drug-likeness (QED) is 0.593. The maximum atomic E-state index is 13.4. The van der Waals surface area contributed by atoms with Gasteiger partial charge < -0.3 is 29.2 Å². The van der Waals surface area contributed by atoms with Gasteiger partial charge in [0.1, 0.15) is 11.5 Å². The van der Waals surface area contributed by atoms with Gasteiger partial charge >= 0.3 is 0 Å². The van der Waals surface area contributed by atoms with E-state index < -0.39 is 0 Å². The molecule has 1 N–H and O–H groups in total. The van der Waals surface area contributed by atoms with Gasteiger partial charge in [-0.3, -0.25) is 9.59 Å². The highest BCUT2D eigenvalue weighted by molar-refractivity contribution is 6.32. The predicted molar refractivity (Wildman–Crippen MR) is 114 cm³/mol. The minimum Gasteiger partial charge on any atom is -0.467 e. The highest BCUT2D eigenvalue weighted by Crippen LogP contribution is 2.35. The zero-order valence-corrected chi connectivity index (χ0v) is 18.5. The van der Waals surface area contributed by atoms with Crippen LogP contribution in [0.3, 0.4) is 0 Å². The molecule has 0 aromatic heterocycles. The summed E-state index contributed by atoms with van der Waals surface area (Å²) in [7, 11) is 2.98. The summed E-state index contributed by atoms with van der Waals surface area (Å²) >= 11 is 6.32. The van der Waals surface area contributed by atoms with Crippen molar-refractivity contribution >= 4 is 23.4 Å². The lowest BCUT2D eigenvalue weighted by atomic mass is 10.0. The Bertz CT molecular complexity index is 965. The first-order valence-electron chi connectivity index (χ1n) is 9.75. The van der Waals surface area contributed by atoms with Crippen molar-refractivity contribution in [3.8, 4) is 11.5 Å². The van der Waals surface area contributed by atoms with Crippen LogP contribution in [-0.4, -0.2) is 51.1 Å². The van der Waals surface area contributed by atoms with Gasteiger partial charge in [-0.2, -0.15) is 0 Å². The summed E-state index contributed by atoms with van der Waals surface area (Å²) in [6, 6.07) is 8.56. The predicted octanol–water partition coefficient (Wildman–Crippen LogP) is 3.21. The number of carbonyl (C=O) groups excluding carboxylic acids is 2. The van der Waals surface area contributed by atoms with Crippen LogP contribution in [0.5, 0.6) is 11.5 Å². The number of nitrogens with one attached hydrogen (secondary N) is 1. The van der Waals surface area contributed by atoms with Crippen molar-refractivity contribution in [3.63, 3.8) is 0 Å². The number of amides is 2. The standard InChI is InChI=1S/C22H25ClN2O6/c1-4-24-21(26)15-7-5-6-14-10-25(11-17(14)15)22(27)16-8-18(23)20(31-13-29-3)9-19(16)30-12-28-2/h5-9H,4,10-13H2,1-3H3,(H,24,26). The minimum atomic E-state index is -0.274. The SMILES string of the molecule is CCNC(=O)c1cccc2c1CN(C(=O)c1cc(Cl)c(OCOC)cc1OCOC)C2. The second-order valence-electron chi connectivity index (χ2n) is 6.84. The Kier molecular flexibility index (Phi) is 7.73. The summed E-state index contributed by atoms with van der Waals surface area (Å²) in [5, 5.41) is 3.07. The van der Waals surface area contributed by atoms with Crippen LogP contribution < -0.4 is 14.8 Å². The molecule has 8 nitrogen and oxygen atoms in total. The normalized spacial score (nSPS) is 12.5. The maximum absolute atomic E-state index is 13.4. The molecule has 3 rings (SSSR count). The number of rotatable bonds is 9. The lowest BCUT2D eigenvalue weighted by molar-refractivity contribution is 0.0449. The second-order valence-corrected chi connectivity index (χ2v) is 7.25. The van der Waals surface area contributed by atoms with Gasteiger partial charge in [0, 0.05) is 45.5 Å². The largest absolute Gasteiger partial charge is 0.467 e. The molecule has 0 aliphatic carbocycles. The van der Waals surface area contributed by atoms with Crippen LogP contribution in [0.4, 0.5) is 0 Å². The van der Waals surface area contributed by atoms with Crippen molar-refractivity contribution in [2.45, 2.75) is 20.0 Å². The van der Waals surface area contributed by atoms with Gasteiger partial charge in [0.05, 0.1) is 10.6 Å². The molecule has 31 heavy (non-hydrogen) atoms. The zero-order chi connectivity index (χ0) is 22.4. The maximum Gasteiger partial charge on any atom is 0.258 e. The van der Waals surface area contributed by atoms with Crippen LogP contribution in [0.1, 0.15) is 38.8 Å². The zero-order valence-electron chi connectivity index (χ0n) is 17.7. The van der Waals surface area contributed by atoms with Gasteiger partial charge in [-0.15, -0.1) is 0 Å². The number of hydrogen-bond donors (Lipinski definition) is 1.